The fourth-order valence-corrected chi connectivity index (χ4v) is 3.57. The smallest absolute Gasteiger partial charge is 0.268 e. The van der Waals surface area contributed by atoms with Gasteiger partial charge < -0.3 is 5.32 Å². The van der Waals surface area contributed by atoms with Gasteiger partial charge in [-0.1, -0.05) is 17.7 Å². The van der Waals surface area contributed by atoms with E-state index in [1.54, 1.807) is 27.1 Å². The fraction of sp³-hybridized carbons (Fsp3) is 0.385. The van der Waals surface area contributed by atoms with E-state index in [0.717, 1.165) is 6.26 Å². The number of hydrazone groups is 1. The SMILES string of the molecule is CNC1(C)C(=O)N(C)N=C1c1ccc(S(C)(=O)=O)c(Cl)c1. The largest absolute Gasteiger partial charge is 0.301 e. The Morgan fingerprint density at radius 2 is 2.00 bits per heavy atom. The van der Waals surface area contributed by atoms with Gasteiger partial charge in [-0.3, -0.25) is 4.79 Å². The summed E-state index contributed by atoms with van der Waals surface area (Å²) < 4.78 is 23.2. The van der Waals surface area contributed by atoms with Gasteiger partial charge in [0.2, 0.25) is 0 Å². The van der Waals surface area contributed by atoms with Gasteiger partial charge in [-0.2, -0.15) is 5.10 Å². The third-order valence-electron chi connectivity index (χ3n) is 3.55. The van der Waals surface area contributed by atoms with E-state index in [4.69, 9.17) is 11.6 Å². The molecule has 0 radical (unpaired) electrons. The summed E-state index contributed by atoms with van der Waals surface area (Å²) in [6.45, 7) is 1.72. The van der Waals surface area contributed by atoms with E-state index in [1.807, 2.05) is 0 Å². The van der Waals surface area contributed by atoms with Gasteiger partial charge in [0.25, 0.3) is 5.91 Å². The summed E-state index contributed by atoms with van der Waals surface area (Å²) in [5.74, 6) is -0.191. The number of likely N-dealkylation sites (N-methyl/N-ethyl adjacent to an activating group) is 2. The Kier molecular flexibility index (Phi) is 3.86. The Labute approximate surface area is 128 Å². The molecule has 1 aromatic carbocycles. The lowest BCUT2D eigenvalue weighted by molar-refractivity contribution is -0.131. The zero-order valence-electron chi connectivity index (χ0n) is 12.1. The number of benzene rings is 1. The Hall–Kier alpha value is -1.44. The van der Waals surface area contributed by atoms with Crippen molar-refractivity contribution < 1.29 is 13.2 Å². The first-order valence-electron chi connectivity index (χ1n) is 6.17. The number of hydrogen-bond acceptors (Lipinski definition) is 5. The van der Waals surface area contributed by atoms with Crippen molar-refractivity contribution in [2.24, 2.45) is 5.10 Å². The molecule has 0 saturated heterocycles. The topological polar surface area (TPSA) is 78.8 Å². The van der Waals surface area contributed by atoms with Gasteiger partial charge in [-0.05, 0) is 26.1 Å². The van der Waals surface area contributed by atoms with Crippen LogP contribution in [0.2, 0.25) is 5.02 Å². The molecule has 1 aromatic rings. The van der Waals surface area contributed by atoms with Crippen LogP contribution in [-0.2, 0) is 14.6 Å². The molecule has 1 heterocycles. The first kappa shape index (κ1) is 15.9. The summed E-state index contributed by atoms with van der Waals surface area (Å²) in [5.41, 5.74) is 0.131. The van der Waals surface area contributed by atoms with Crippen molar-refractivity contribution >= 4 is 33.1 Å². The molecule has 1 atom stereocenters. The highest BCUT2D eigenvalue weighted by molar-refractivity contribution is 7.90. The molecular weight excluding hydrogens is 314 g/mol. The maximum Gasteiger partial charge on any atom is 0.268 e. The first-order valence-corrected chi connectivity index (χ1v) is 8.44. The van der Waals surface area contributed by atoms with Crippen molar-refractivity contribution in [2.75, 3.05) is 20.4 Å². The number of halogens is 1. The van der Waals surface area contributed by atoms with Crippen molar-refractivity contribution in [1.82, 2.24) is 10.3 Å². The predicted octanol–water partition coefficient (Wildman–Crippen LogP) is 0.898. The zero-order valence-corrected chi connectivity index (χ0v) is 13.7. The number of hydrogen-bond donors (Lipinski definition) is 1. The molecule has 1 aliphatic rings. The lowest BCUT2D eigenvalue weighted by Gasteiger charge is -2.23. The van der Waals surface area contributed by atoms with Gasteiger partial charge in [0.1, 0.15) is 5.54 Å². The third kappa shape index (κ3) is 2.56. The number of carbonyl (C=O) groups is 1. The van der Waals surface area contributed by atoms with Crippen molar-refractivity contribution in [2.45, 2.75) is 17.4 Å². The summed E-state index contributed by atoms with van der Waals surface area (Å²) >= 11 is 6.05. The molecule has 0 fully saturated rings. The monoisotopic (exact) mass is 329 g/mol. The van der Waals surface area contributed by atoms with Gasteiger partial charge in [-0.15, -0.1) is 0 Å². The Morgan fingerprint density at radius 3 is 2.48 bits per heavy atom. The molecule has 114 valence electrons. The van der Waals surface area contributed by atoms with Gasteiger partial charge in [0, 0.05) is 18.9 Å². The second kappa shape index (κ2) is 5.08. The van der Waals surface area contributed by atoms with Crippen LogP contribution >= 0.6 is 11.6 Å². The minimum atomic E-state index is -3.39. The van der Waals surface area contributed by atoms with Crippen LogP contribution in [-0.4, -0.2) is 50.9 Å². The summed E-state index contributed by atoms with van der Waals surface area (Å²) in [5, 5.41) is 8.54. The number of rotatable bonds is 3. The van der Waals surface area contributed by atoms with E-state index in [-0.39, 0.29) is 15.8 Å². The lowest BCUT2D eigenvalue weighted by Crippen LogP contribution is -2.53. The molecule has 21 heavy (non-hydrogen) atoms. The lowest BCUT2D eigenvalue weighted by atomic mass is 9.90. The van der Waals surface area contributed by atoms with E-state index >= 15 is 0 Å². The molecule has 1 N–H and O–H groups in total. The molecule has 2 rings (SSSR count). The van der Waals surface area contributed by atoms with Crippen LogP contribution in [0.25, 0.3) is 0 Å². The highest BCUT2D eigenvalue weighted by Gasteiger charge is 2.45. The van der Waals surface area contributed by atoms with E-state index in [2.05, 4.69) is 10.4 Å². The van der Waals surface area contributed by atoms with E-state index < -0.39 is 15.4 Å². The molecular formula is C13H16ClN3O3S. The Morgan fingerprint density at radius 1 is 1.38 bits per heavy atom. The number of carbonyl (C=O) groups excluding carboxylic acids is 1. The summed E-state index contributed by atoms with van der Waals surface area (Å²) in [6.07, 6.45) is 1.09. The molecule has 0 spiro atoms. The van der Waals surface area contributed by atoms with E-state index in [0.29, 0.717) is 11.3 Å². The average Bonchev–Trinajstić information content (AvgIpc) is 2.62. The number of sulfone groups is 1. The van der Waals surface area contributed by atoms with Crippen molar-refractivity contribution in [3.05, 3.63) is 28.8 Å². The number of nitrogens with one attached hydrogen (secondary N) is 1. The second-order valence-electron chi connectivity index (χ2n) is 5.07. The van der Waals surface area contributed by atoms with E-state index in [1.165, 1.54) is 17.1 Å². The zero-order chi connectivity index (χ0) is 16.0. The number of nitrogens with zero attached hydrogens (tertiary/aromatic N) is 2. The quantitative estimate of drug-likeness (QED) is 0.893. The Bertz CT molecular complexity index is 745. The Balaban J connectivity index is 2.56. The molecule has 0 saturated carbocycles. The van der Waals surface area contributed by atoms with Crippen LogP contribution in [0.5, 0.6) is 0 Å². The minimum absolute atomic E-state index is 0.0531. The molecule has 0 bridgehead atoms. The average molecular weight is 330 g/mol. The van der Waals surface area contributed by atoms with Crippen LogP contribution < -0.4 is 5.32 Å². The van der Waals surface area contributed by atoms with Gasteiger partial charge in [0.05, 0.1) is 15.6 Å². The maximum atomic E-state index is 12.2. The first-order chi connectivity index (χ1) is 9.61. The van der Waals surface area contributed by atoms with Gasteiger partial charge in [0.15, 0.2) is 9.84 Å². The van der Waals surface area contributed by atoms with Gasteiger partial charge in [-0.25, -0.2) is 13.4 Å². The van der Waals surface area contributed by atoms with Crippen molar-refractivity contribution in [3.8, 4) is 0 Å². The molecule has 1 amide bonds. The fourth-order valence-electron chi connectivity index (χ4n) is 2.24. The predicted molar refractivity (Wildman–Crippen MR) is 81.3 cm³/mol. The van der Waals surface area contributed by atoms with Crippen LogP contribution in [0.3, 0.4) is 0 Å². The van der Waals surface area contributed by atoms with E-state index in [9.17, 15) is 13.2 Å². The number of amides is 1. The summed E-state index contributed by atoms with van der Waals surface area (Å²) in [7, 11) is -0.162. The second-order valence-corrected chi connectivity index (χ2v) is 7.46. The molecule has 0 aromatic heterocycles. The molecule has 8 heteroatoms. The van der Waals surface area contributed by atoms with Crippen molar-refractivity contribution in [1.29, 1.82) is 0 Å². The van der Waals surface area contributed by atoms with Crippen LogP contribution in [0.4, 0.5) is 0 Å². The maximum absolute atomic E-state index is 12.2. The third-order valence-corrected chi connectivity index (χ3v) is 5.13. The van der Waals surface area contributed by atoms with Gasteiger partial charge >= 0.3 is 0 Å². The molecule has 0 aliphatic carbocycles. The highest BCUT2D eigenvalue weighted by Crippen LogP contribution is 2.28. The van der Waals surface area contributed by atoms with Crippen LogP contribution in [0, 0.1) is 0 Å². The standard InChI is InChI=1S/C13H16ClN3O3S/c1-13(15-2)11(16-17(3)12(13)18)8-5-6-10(9(14)7-8)21(4,19)20/h5-7,15H,1-4H3. The van der Waals surface area contributed by atoms with Crippen molar-refractivity contribution in [3.63, 3.8) is 0 Å². The minimum Gasteiger partial charge on any atom is -0.301 e. The molecule has 6 nitrogen and oxygen atoms in total. The van der Waals surface area contributed by atoms with Crippen LogP contribution in [0.15, 0.2) is 28.2 Å². The normalized spacial score (nSPS) is 22.6. The molecule has 1 aliphatic heterocycles. The summed E-state index contributed by atoms with van der Waals surface area (Å²) in [6, 6.07) is 4.54. The highest BCUT2D eigenvalue weighted by atomic mass is 35.5. The summed E-state index contributed by atoms with van der Waals surface area (Å²) in [4.78, 5) is 12.2. The molecule has 1 unspecified atom stereocenters. The van der Waals surface area contributed by atoms with Crippen LogP contribution in [0.1, 0.15) is 12.5 Å².